The molecule has 2 heteroatoms. The van der Waals surface area contributed by atoms with Crippen LogP contribution in [0.1, 0.15) is 24.5 Å². The van der Waals surface area contributed by atoms with Crippen molar-refractivity contribution in [3.8, 4) is 0 Å². The smallest absolute Gasteiger partial charge is 0.0346 e. The molecule has 2 nitrogen and oxygen atoms in total. The maximum absolute atomic E-state index is 5.86. The van der Waals surface area contributed by atoms with E-state index in [1.807, 2.05) is 12.1 Å². The van der Waals surface area contributed by atoms with Gasteiger partial charge in [-0.1, -0.05) is 19.1 Å². The molecule has 0 heterocycles. The molecule has 82 valence electrons. The zero-order valence-electron chi connectivity index (χ0n) is 9.59. The second-order valence-corrected chi connectivity index (χ2v) is 4.74. The second kappa shape index (κ2) is 4.23. The van der Waals surface area contributed by atoms with E-state index in [-0.39, 0.29) is 0 Å². The van der Waals surface area contributed by atoms with Crippen molar-refractivity contribution in [2.75, 3.05) is 12.3 Å². The van der Waals surface area contributed by atoms with E-state index in [9.17, 15) is 0 Å². The SMILES string of the molecule is Cc1c(N)cccc1CNCC1CC1C. The molecule has 1 fully saturated rings. The molecule has 0 aliphatic heterocycles. The molecule has 15 heavy (non-hydrogen) atoms. The first-order valence-electron chi connectivity index (χ1n) is 5.73. The fraction of sp³-hybridized carbons (Fsp3) is 0.538. The standard InChI is InChI=1S/C13H20N2/c1-9-6-12(9)8-15-7-11-4-3-5-13(14)10(11)2/h3-5,9,12,15H,6-8,14H2,1-2H3. The minimum atomic E-state index is 0.897. The van der Waals surface area contributed by atoms with E-state index in [1.54, 1.807) is 0 Å². The molecule has 2 unspecified atom stereocenters. The largest absolute Gasteiger partial charge is 0.399 e. The molecule has 2 rings (SSSR count). The molecule has 1 aromatic carbocycles. The third-order valence-corrected chi connectivity index (χ3v) is 3.49. The van der Waals surface area contributed by atoms with Crippen LogP contribution in [0.5, 0.6) is 0 Å². The molecule has 0 radical (unpaired) electrons. The van der Waals surface area contributed by atoms with Crippen molar-refractivity contribution in [1.82, 2.24) is 5.32 Å². The van der Waals surface area contributed by atoms with E-state index < -0.39 is 0 Å². The van der Waals surface area contributed by atoms with Crippen molar-refractivity contribution >= 4 is 5.69 Å². The monoisotopic (exact) mass is 204 g/mol. The molecule has 2 atom stereocenters. The van der Waals surface area contributed by atoms with Crippen LogP contribution in [0, 0.1) is 18.8 Å². The van der Waals surface area contributed by atoms with Gasteiger partial charge in [-0.25, -0.2) is 0 Å². The van der Waals surface area contributed by atoms with E-state index in [0.29, 0.717) is 0 Å². The zero-order valence-corrected chi connectivity index (χ0v) is 9.59. The lowest BCUT2D eigenvalue weighted by atomic mass is 10.1. The van der Waals surface area contributed by atoms with Crippen LogP contribution >= 0.6 is 0 Å². The number of hydrogen-bond acceptors (Lipinski definition) is 2. The van der Waals surface area contributed by atoms with Crippen molar-refractivity contribution in [3.05, 3.63) is 29.3 Å². The summed E-state index contributed by atoms with van der Waals surface area (Å²) in [6, 6.07) is 6.13. The summed E-state index contributed by atoms with van der Waals surface area (Å²) in [6.45, 7) is 6.50. The molecule has 0 saturated heterocycles. The lowest BCUT2D eigenvalue weighted by molar-refractivity contribution is 0.611. The number of nitrogen functional groups attached to an aromatic ring is 1. The third-order valence-electron chi connectivity index (χ3n) is 3.49. The van der Waals surface area contributed by atoms with Crippen molar-refractivity contribution in [1.29, 1.82) is 0 Å². The van der Waals surface area contributed by atoms with Gasteiger partial charge in [0.05, 0.1) is 0 Å². The van der Waals surface area contributed by atoms with Crippen LogP contribution in [0.4, 0.5) is 5.69 Å². The molecular weight excluding hydrogens is 184 g/mol. The molecular formula is C13H20N2. The lowest BCUT2D eigenvalue weighted by Gasteiger charge is -2.09. The van der Waals surface area contributed by atoms with E-state index >= 15 is 0 Å². The minimum Gasteiger partial charge on any atom is -0.399 e. The predicted molar refractivity (Wildman–Crippen MR) is 64.6 cm³/mol. The van der Waals surface area contributed by atoms with Gasteiger partial charge in [-0.05, 0) is 48.9 Å². The Morgan fingerprint density at radius 1 is 1.47 bits per heavy atom. The van der Waals surface area contributed by atoms with E-state index in [0.717, 1.165) is 30.6 Å². The first-order chi connectivity index (χ1) is 7.18. The van der Waals surface area contributed by atoms with Gasteiger partial charge in [0.2, 0.25) is 0 Å². The number of nitrogens with two attached hydrogens (primary N) is 1. The van der Waals surface area contributed by atoms with Crippen molar-refractivity contribution in [2.24, 2.45) is 11.8 Å². The Labute approximate surface area is 91.9 Å². The summed E-state index contributed by atoms with van der Waals surface area (Å²) in [5.41, 5.74) is 9.30. The van der Waals surface area contributed by atoms with Gasteiger partial charge in [-0.3, -0.25) is 0 Å². The number of anilines is 1. The zero-order chi connectivity index (χ0) is 10.8. The number of nitrogens with one attached hydrogen (secondary N) is 1. The normalized spacial score (nSPS) is 24.1. The Kier molecular flexibility index (Phi) is 2.96. The summed E-state index contributed by atoms with van der Waals surface area (Å²) in [5, 5.41) is 3.51. The Balaban J connectivity index is 1.85. The number of benzene rings is 1. The van der Waals surface area contributed by atoms with Crippen molar-refractivity contribution in [2.45, 2.75) is 26.8 Å². The summed E-state index contributed by atoms with van der Waals surface area (Å²) >= 11 is 0. The van der Waals surface area contributed by atoms with Gasteiger partial charge in [0.25, 0.3) is 0 Å². The van der Waals surface area contributed by atoms with Crippen LogP contribution in [0.2, 0.25) is 0 Å². The highest BCUT2D eigenvalue weighted by Crippen LogP contribution is 2.36. The minimum absolute atomic E-state index is 0.897. The lowest BCUT2D eigenvalue weighted by Crippen LogP contribution is -2.17. The molecule has 0 aromatic heterocycles. The van der Waals surface area contributed by atoms with Crippen molar-refractivity contribution in [3.63, 3.8) is 0 Å². The molecule has 3 N–H and O–H groups in total. The van der Waals surface area contributed by atoms with Crippen LogP contribution in [0.25, 0.3) is 0 Å². The topological polar surface area (TPSA) is 38.0 Å². The predicted octanol–water partition coefficient (Wildman–Crippen LogP) is 2.32. The first kappa shape index (κ1) is 10.5. The Bertz CT molecular complexity index is 346. The second-order valence-electron chi connectivity index (χ2n) is 4.74. The Hall–Kier alpha value is -1.02. The van der Waals surface area contributed by atoms with Gasteiger partial charge >= 0.3 is 0 Å². The average molecular weight is 204 g/mol. The van der Waals surface area contributed by atoms with Crippen LogP contribution in [0.3, 0.4) is 0 Å². The van der Waals surface area contributed by atoms with Crippen LogP contribution in [-0.2, 0) is 6.54 Å². The van der Waals surface area contributed by atoms with Gasteiger partial charge in [0.15, 0.2) is 0 Å². The highest BCUT2D eigenvalue weighted by Gasteiger charge is 2.31. The van der Waals surface area contributed by atoms with Gasteiger partial charge in [-0.2, -0.15) is 0 Å². The number of rotatable bonds is 4. The highest BCUT2D eigenvalue weighted by molar-refractivity contribution is 5.49. The summed E-state index contributed by atoms with van der Waals surface area (Å²) in [4.78, 5) is 0. The molecule has 1 aromatic rings. The van der Waals surface area contributed by atoms with Gasteiger partial charge in [0.1, 0.15) is 0 Å². The Morgan fingerprint density at radius 3 is 2.87 bits per heavy atom. The first-order valence-corrected chi connectivity index (χ1v) is 5.73. The Morgan fingerprint density at radius 2 is 2.20 bits per heavy atom. The average Bonchev–Trinajstić information content (AvgIpc) is 2.89. The number of hydrogen-bond donors (Lipinski definition) is 2. The highest BCUT2D eigenvalue weighted by atomic mass is 14.9. The van der Waals surface area contributed by atoms with Crippen LogP contribution < -0.4 is 11.1 Å². The summed E-state index contributed by atoms with van der Waals surface area (Å²) in [5.74, 6) is 1.84. The molecule has 0 spiro atoms. The van der Waals surface area contributed by atoms with Crippen LogP contribution in [-0.4, -0.2) is 6.54 Å². The summed E-state index contributed by atoms with van der Waals surface area (Å²) in [6.07, 6.45) is 1.39. The van der Waals surface area contributed by atoms with E-state index in [2.05, 4.69) is 25.2 Å². The van der Waals surface area contributed by atoms with E-state index in [4.69, 9.17) is 5.73 Å². The quantitative estimate of drug-likeness (QED) is 0.739. The van der Waals surface area contributed by atoms with Crippen molar-refractivity contribution < 1.29 is 0 Å². The molecule has 0 bridgehead atoms. The molecule has 1 aliphatic rings. The fourth-order valence-corrected chi connectivity index (χ4v) is 1.97. The van der Waals surface area contributed by atoms with E-state index in [1.165, 1.54) is 17.5 Å². The summed E-state index contributed by atoms with van der Waals surface area (Å²) < 4.78 is 0. The third kappa shape index (κ3) is 2.51. The molecule has 1 aliphatic carbocycles. The van der Waals surface area contributed by atoms with Gasteiger partial charge < -0.3 is 11.1 Å². The maximum Gasteiger partial charge on any atom is 0.0346 e. The molecule has 1 saturated carbocycles. The fourth-order valence-electron chi connectivity index (χ4n) is 1.97. The van der Waals surface area contributed by atoms with Crippen LogP contribution in [0.15, 0.2) is 18.2 Å². The summed E-state index contributed by atoms with van der Waals surface area (Å²) in [7, 11) is 0. The van der Waals surface area contributed by atoms with Gasteiger partial charge in [-0.15, -0.1) is 0 Å². The van der Waals surface area contributed by atoms with Gasteiger partial charge in [0, 0.05) is 12.2 Å². The maximum atomic E-state index is 5.86. The molecule has 0 amide bonds.